The van der Waals surface area contributed by atoms with Crippen LogP contribution in [0.1, 0.15) is 42.6 Å². The van der Waals surface area contributed by atoms with Gasteiger partial charge in [0.2, 0.25) is 0 Å². The van der Waals surface area contributed by atoms with E-state index in [0.29, 0.717) is 5.69 Å². The molecule has 3 rings (SSSR count). The zero-order valence-electron chi connectivity index (χ0n) is 10.5. The van der Waals surface area contributed by atoms with Crippen molar-refractivity contribution < 1.29 is 9.00 Å². The van der Waals surface area contributed by atoms with E-state index < -0.39 is 10.8 Å². The Balaban J connectivity index is 1.80. The molecule has 0 amide bonds. The smallest absolute Gasteiger partial charge is 0.183 e. The van der Waals surface area contributed by atoms with E-state index in [1.807, 2.05) is 7.05 Å². The summed E-state index contributed by atoms with van der Waals surface area (Å²) in [5.41, 5.74) is 0.686. The van der Waals surface area contributed by atoms with E-state index in [9.17, 15) is 9.00 Å². The third-order valence-corrected chi connectivity index (χ3v) is 6.41. The Hall–Kier alpha value is -0.970. The number of Topliss-reactive ketones (excluding diaryl/α,β-unsaturated/α-hetero) is 1. The fourth-order valence-electron chi connectivity index (χ4n) is 3.25. The fourth-order valence-corrected chi connectivity index (χ4v) is 5.44. The minimum Gasteiger partial charge on any atom is -0.331 e. The number of aryl methyl sites for hydroxylation is 1. The molecular weight excluding hydrogens is 248 g/mol. The largest absolute Gasteiger partial charge is 0.331 e. The van der Waals surface area contributed by atoms with Crippen molar-refractivity contribution >= 4 is 16.6 Å². The first kappa shape index (κ1) is 12.1. The normalized spacial score (nSPS) is 35.4. The highest BCUT2D eigenvalue weighted by Crippen LogP contribution is 2.38. The van der Waals surface area contributed by atoms with Crippen LogP contribution in [0.5, 0.6) is 0 Å². The van der Waals surface area contributed by atoms with Gasteiger partial charge in [-0.05, 0) is 25.7 Å². The number of hydrogen-bond donors (Lipinski definition) is 0. The second-order valence-electron chi connectivity index (χ2n) is 5.43. The average molecular weight is 266 g/mol. The first-order valence-corrected chi connectivity index (χ1v) is 7.84. The zero-order chi connectivity index (χ0) is 12.7. The fraction of sp³-hybridized carbons (Fsp3) is 0.692. The van der Waals surface area contributed by atoms with Crippen LogP contribution < -0.4 is 0 Å². The predicted molar refractivity (Wildman–Crippen MR) is 69.8 cm³/mol. The van der Waals surface area contributed by atoms with Gasteiger partial charge in [-0.15, -0.1) is 0 Å². The van der Waals surface area contributed by atoms with E-state index in [1.165, 1.54) is 6.42 Å². The Kier molecular flexibility index (Phi) is 3.09. The van der Waals surface area contributed by atoms with Crippen LogP contribution in [0.3, 0.4) is 0 Å². The summed E-state index contributed by atoms with van der Waals surface area (Å²) >= 11 is 0. The molecule has 5 heteroatoms. The summed E-state index contributed by atoms with van der Waals surface area (Å²) in [5.74, 6) is 0.233. The minimum absolute atomic E-state index is 0.0494. The van der Waals surface area contributed by atoms with Crippen molar-refractivity contribution in [3.63, 3.8) is 0 Å². The van der Waals surface area contributed by atoms with Gasteiger partial charge in [-0.3, -0.25) is 9.00 Å². The molecule has 3 heterocycles. The van der Waals surface area contributed by atoms with Gasteiger partial charge in [-0.1, -0.05) is 6.42 Å². The Morgan fingerprint density at radius 1 is 1.39 bits per heavy atom. The SMILES string of the molecule is Cn1cncc1C(=O)C1CC2CCCC(C1)S2=O. The van der Waals surface area contributed by atoms with Gasteiger partial charge < -0.3 is 4.57 Å². The van der Waals surface area contributed by atoms with Crippen LogP contribution in [0.4, 0.5) is 0 Å². The summed E-state index contributed by atoms with van der Waals surface area (Å²) in [7, 11) is 1.15. The second-order valence-corrected chi connectivity index (χ2v) is 7.42. The van der Waals surface area contributed by atoms with Crippen molar-refractivity contribution in [1.29, 1.82) is 0 Å². The molecule has 4 nitrogen and oxygen atoms in total. The Morgan fingerprint density at radius 2 is 2.06 bits per heavy atom. The standard InChI is InChI=1S/C13H18N2O2S/c1-15-8-14-7-12(15)13(16)9-5-10-3-2-4-11(6-9)18(10)17/h7-11H,2-6H2,1H3. The first-order chi connectivity index (χ1) is 8.66. The van der Waals surface area contributed by atoms with Crippen molar-refractivity contribution in [3.05, 3.63) is 18.2 Å². The average Bonchev–Trinajstić information content (AvgIpc) is 2.74. The summed E-state index contributed by atoms with van der Waals surface area (Å²) in [6, 6.07) is 0. The van der Waals surface area contributed by atoms with E-state index in [-0.39, 0.29) is 22.2 Å². The number of carbonyl (C=O) groups excluding carboxylic acids is 1. The van der Waals surface area contributed by atoms with Crippen molar-refractivity contribution in [3.8, 4) is 0 Å². The van der Waals surface area contributed by atoms with Crippen LogP contribution in [-0.4, -0.2) is 30.0 Å². The maximum atomic E-state index is 12.5. The van der Waals surface area contributed by atoms with Gasteiger partial charge in [0.15, 0.2) is 5.78 Å². The highest BCUT2D eigenvalue weighted by atomic mass is 32.2. The van der Waals surface area contributed by atoms with Crippen LogP contribution in [0.25, 0.3) is 0 Å². The lowest BCUT2D eigenvalue weighted by molar-refractivity contribution is 0.0887. The lowest BCUT2D eigenvalue weighted by atomic mass is 9.86. The van der Waals surface area contributed by atoms with Gasteiger partial charge in [-0.25, -0.2) is 4.98 Å². The number of ketones is 1. The van der Waals surface area contributed by atoms with Crippen LogP contribution in [-0.2, 0) is 17.8 Å². The molecule has 98 valence electrons. The van der Waals surface area contributed by atoms with Crippen molar-refractivity contribution in [2.75, 3.05) is 0 Å². The number of rotatable bonds is 2. The molecular formula is C13H18N2O2S. The highest BCUT2D eigenvalue weighted by Gasteiger charge is 2.40. The number of fused-ring (bicyclic) bond motifs is 2. The second kappa shape index (κ2) is 4.61. The summed E-state index contributed by atoms with van der Waals surface area (Å²) in [6.45, 7) is 0. The summed E-state index contributed by atoms with van der Waals surface area (Å²) in [4.78, 5) is 16.5. The number of hydrogen-bond acceptors (Lipinski definition) is 3. The lowest BCUT2D eigenvalue weighted by Crippen LogP contribution is -2.41. The molecule has 0 aromatic carbocycles. The molecule has 2 saturated heterocycles. The third-order valence-electron chi connectivity index (χ3n) is 4.24. The molecule has 2 bridgehead atoms. The number of aromatic nitrogens is 2. The van der Waals surface area contributed by atoms with Gasteiger partial charge in [0, 0.05) is 34.3 Å². The summed E-state index contributed by atoms with van der Waals surface area (Å²) in [6.07, 6.45) is 8.13. The van der Waals surface area contributed by atoms with Crippen LogP contribution in [0.15, 0.2) is 12.5 Å². The summed E-state index contributed by atoms with van der Waals surface area (Å²) < 4.78 is 13.9. The van der Waals surface area contributed by atoms with Crippen molar-refractivity contribution in [1.82, 2.24) is 9.55 Å². The minimum atomic E-state index is -0.700. The quantitative estimate of drug-likeness (QED) is 0.765. The molecule has 0 saturated carbocycles. The van der Waals surface area contributed by atoms with E-state index in [1.54, 1.807) is 17.1 Å². The van der Waals surface area contributed by atoms with Gasteiger partial charge in [0.05, 0.1) is 12.5 Å². The third kappa shape index (κ3) is 1.94. The van der Waals surface area contributed by atoms with Crippen LogP contribution >= 0.6 is 0 Å². The molecule has 0 spiro atoms. The van der Waals surface area contributed by atoms with Crippen molar-refractivity contribution in [2.45, 2.75) is 42.6 Å². The molecule has 2 fully saturated rings. The zero-order valence-corrected chi connectivity index (χ0v) is 11.4. The highest BCUT2D eigenvalue weighted by molar-refractivity contribution is 7.86. The van der Waals surface area contributed by atoms with Gasteiger partial charge in [0.1, 0.15) is 5.69 Å². The lowest BCUT2D eigenvalue weighted by Gasteiger charge is -2.37. The molecule has 0 N–H and O–H groups in total. The van der Waals surface area contributed by atoms with E-state index in [2.05, 4.69) is 4.98 Å². The molecule has 1 aromatic rings. The molecule has 2 aliphatic heterocycles. The predicted octanol–water partition coefficient (Wildman–Crippen LogP) is 1.68. The number of nitrogens with zero attached hydrogens (tertiary/aromatic N) is 2. The maximum Gasteiger partial charge on any atom is 0.183 e. The molecule has 2 atom stereocenters. The Bertz CT molecular complexity index is 481. The first-order valence-electron chi connectivity index (χ1n) is 6.56. The molecule has 0 aliphatic carbocycles. The topological polar surface area (TPSA) is 52.0 Å². The summed E-state index contributed by atoms with van der Waals surface area (Å²) in [5, 5.41) is 0.499. The van der Waals surface area contributed by atoms with Crippen LogP contribution in [0, 0.1) is 5.92 Å². The molecule has 1 aromatic heterocycles. The van der Waals surface area contributed by atoms with E-state index in [0.717, 1.165) is 25.7 Å². The van der Waals surface area contributed by atoms with Crippen LogP contribution in [0.2, 0.25) is 0 Å². The molecule has 18 heavy (non-hydrogen) atoms. The monoisotopic (exact) mass is 266 g/mol. The Labute approximate surface area is 109 Å². The molecule has 2 unspecified atom stereocenters. The number of imidazole rings is 1. The van der Waals surface area contributed by atoms with Crippen molar-refractivity contribution in [2.24, 2.45) is 13.0 Å². The number of carbonyl (C=O) groups is 1. The van der Waals surface area contributed by atoms with E-state index >= 15 is 0 Å². The van der Waals surface area contributed by atoms with E-state index in [4.69, 9.17) is 0 Å². The molecule has 0 radical (unpaired) electrons. The van der Waals surface area contributed by atoms with Gasteiger partial charge >= 0.3 is 0 Å². The maximum absolute atomic E-state index is 12.5. The Morgan fingerprint density at radius 3 is 2.61 bits per heavy atom. The van der Waals surface area contributed by atoms with Gasteiger partial charge in [0.25, 0.3) is 0 Å². The van der Waals surface area contributed by atoms with Gasteiger partial charge in [-0.2, -0.15) is 0 Å². The molecule has 2 aliphatic rings.